The van der Waals surface area contributed by atoms with Gasteiger partial charge in [0.05, 0.1) is 29.1 Å². The van der Waals surface area contributed by atoms with Gasteiger partial charge in [-0.1, -0.05) is 6.92 Å². The van der Waals surface area contributed by atoms with Crippen LogP contribution in [0.3, 0.4) is 0 Å². The molecule has 9 heteroatoms. The minimum absolute atomic E-state index is 0.0531. The number of aromatic nitrogens is 2. The highest BCUT2D eigenvalue weighted by Crippen LogP contribution is 2.31. The first-order valence-corrected chi connectivity index (χ1v) is 13.5. The Morgan fingerprint density at radius 3 is 2.61 bits per heavy atom. The van der Waals surface area contributed by atoms with Crippen LogP contribution in [0.25, 0.3) is 11.0 Å². The Bertz CT molecular complexity index is 1100. The minimum atomic E-state index is -3.58. The van der Waals surface area contributed by atoms with Gasteiger partial charge in [-0.25, -0.2) is 13.4 Å². The first-order valence-electron chi connectivity index (χ1n) is 12.1. The number of nitrogens with zero attached hydrogens (tertiary/aromatic N) is 3. The van der Waals surface area contributed by atoms with E-state index in [9.17, 15) is 13.2 Å². The van der Waals surface area contributed by atoms with Crippen LogP contribution >= 0.6 is 0 Å². The molecule has 1 amide bonds. The van der Waals surface area contributed by atoms with Crippen molar-refractivity contribution in [1.82, 2.24) is 19.2 Å². The van der Waals surface area contributed by atoms with Crippen molar-refractivity contribution in [3.8, 4) is 0 Å². The molecule has 0 spiro atoms. The molecule has 1 N–H and O–H groups in total. The van der Waals surface area contributed by atoms with Crippen LogP contribution in [-0.2, 0) is 32.5 Å². The third-order valence-electron chi connectivity index (χ3n) is 7.12. The van der Waals surface area contributed by atoms with E-state index in [-0.39, 0.29) is 16.3 Å². The molecule has 8 nitrogen and oxygen atoms in total. The van der Waals surface area contributed by atoms with Crippen LogP contribution < -0.4 is 5.32 Å². The molecule has 0 atom stereocenters. The van der Waals surface area contributed by atoms with Crippen LogP contribution in [0, 0.1) is 5.92 Å². The fourth-order valence-corrected chi connectivity index (χ4v) is 6.38. The molecule has 1 saturated heterocycles. The lowest BCUT2D eigenvalue weighted by atomic mass is 9.78. The molecular weight excluding hydrogens is 440 g/mol. The second-order valence-electron chi connectivity index (χ2n) is 9.73. The number of morpholine rings is 1. The highest BCUT2D eigenvalue weighted by molar-refractivity contribution is 7.89. The zero-order valence-electron chi connectivity index (χ0n) is 20.0. The predicted molar refractivity (Wildman–Crippen MR) is 127 cm³/mol. The zero-order valence-corrected chi connectivity index (χ0v) is 20.8. The summed E-state index contributed by atoms with van der Waals surface area (Å²) in [7, 11) is -3.58. The number of carbonyl (C=O) groups excluding carboxylic acids is 1. The van der Waals surface area contributed by atoms with Crippen molar-refractivity contribution < 1.29 is 17.9 Å². The number of imidazole rings is 1. The number of hydrogen-bond donors (Lipinski definition) is 1. The van der Waals surface area contributed by atoms with Gasteiger partial charge < -0.3 is 14.6 Å². The quantitative estimate of drug-likeness (QED) is 0.663. The maximum absolute atomic E-state index is 13.0. The number of fused-ring (bicyclic) bond motifs is 1. The van der Waals surface area contributed by atoms with Crippen molar-refractivity contribution in [3.63, 3.8) is 0 Å². The monoisotopic (exact) mass is 476 g/mol. The molecule has 1 aliphatic carbocycles. The molecular formula is C24H36N4O4S. The second kappa shape index (κ2) is 9.72. The summed E-state index contributed by atoms with van der Waals surface area (Å²) in [4.78, 5) is 17.7. The van der Waals surface area contributed by atoms with Gasteiger partial charge in [-0.15, -0.1) is 0 Å². The summed E-state index contributed by atoms with van der Waals surface area (Å²) in [6.07, 6.45) is 5.23. The molecule has 1 saturated carbocycles. The Morgan fingerprint density at radius 1 is 1.24 bits per heavy atom. The van der Waals surface area contributed by atoms with Crippen LogP contribution in [-0.4, -0.2) is 60.0 Å². The molecule has 1 aromatic carbocycles. The molecule has 4 rings (SSSR count). The standard InChI is InChI=1S/C24H36N4O4S/c1-4-28-21-6-5-19(33(30,31)27-13-15-32-16-14-27)17-20(21)25-22(28)7-8-23(29)26-24(3)11-9-18(2)10-12-24/h5-6,17-18H,4,7-16H2,1-3H3,(H,26,29). The van der Waals surface area contributed by atoms with E-state index >= 15 is 0 Å². The van der Waals surface area contributed by atoms with Gasteiger partial charge in [-0.2, -0.15) is 4.31 Å². The van der Waals surface area contributed by atoms with Crippen LogP contribution in [0.15, 0.2) is 23.1 Å². The van der Waals surface area contributed by atoms with Crippen molar-refractivity contribution in [1.29, 1.82) is 0 Å². The van der Waals surface area contributed by atoms with Crippen LogP contribution in [0.2, 0.25) is 0 Å². The Kier molecular flexibility index (Phi) is 7.12. The normalized spacial score (nSPS) is 24.8. The molecule has 2 heterocycles. The maximum atomic E-state index is 13.0. The molecule has 2 aromatic rings. The van der Waals surface area contributed by atoms with E-state index in [1.165, 1.54) is 4.31 Å². The Morgan fingerprint density at radius 2 is 1.94 bits per heavy atom. The summed E-state index contributed by atoms with van der Waals surface area (Å²) in [5.41, 5.74) is 1.42. The number of nitrogens with one attached hydrogen (secondary N) is 1. The van der Waals surface area contributed by atoms with Crippen LogP contribution in [0.4, 0.5) is 0 Å². The lowest BCUT2D eigenvalue weighted by Gasteiger charge is -2.37. The van der Waals surface area contributed by atoms with E-state index in [0.717, 1.165) is 42.9 Å². The summed E-state index contributed by atoms with van der Waals surface area (Å²) in [6, 6.07) is 5.13. The molecule has 0 radical (unpaired) electrons. The average Bonchev–Trinajstić information content (AvgIpc) is 3.17. The zero-order chi connectivity index (χ0) is 23.6. The number of benzene rings is 1. The number of rotatable bonds is 7. The van der Waals surface area contributed by atoms with Crippen molar-refractivity contribution in [2.75, 3.05) is 26.3 Å². The number of aryl methyl sites for hydroxylation is 2. The lowest BCUT2D eigenvalue weighted by Crippen LogP contribution is -2.48. The van der Waals surface area contributed by atoms with Crippen LogP contribution in [0.5, 0.6) is 0 Å². The fraction of sp³-hybridized carbons (Fsp3) is 0.667. The van der Waals surface area contributed by atoms with Gasteiger partial charge in [0.15, 0.2) is 0 Å². The molecule has 2 aliphatic rings. The summed E-state index contributed by atoms with van der Waals surface area (Å²) in [6.45, 7) is 8.71. The first kappa shape index (κ1) is 24.2. The van der Waals surface area contributed by atoms with E-state index < -0.39 is 10.0 Å². The van der Waals surface area contributed by atoms with E-state index in [2.05, 4.69) is 23.7 Å². The molecule has 0 bridgehead atoms. The van der Waals surface area contributed by atoms with E-state index in [1.807, 2.05) is 13.0 Å². The third-order valence-corrected chi connectivity index (χ3v) is 9.01. The third kappa shape index (κ3) is 5.25. The summed E-state index contributed by atoms with van der Waals surface area (Å²) in [5.74, 6) is 1.60. The van der Waals surface area contributed by atoms with E-state index in [1.54, 1.807) is 12.1 Å². The van der Waals surface area contributed by atoms with Gasteiger partial charge in [0, 0.05) is 38.0 Å². The Balaban J connectivity index is 1.48. The molecule has 1 aliphatic heterocycles. The SMILES string of the molecule is CCn1c(CCC(=O)NC2(C)CCC(C)CC2)nc2cc(S(=O)(=O)N3CCOCC3)ccc21. The summed E-state index contributed by atoms with van der Waals surface area (Å²) >= 11 is 0. The molecule has 2 fully saturated rings. The highest BCUT2D eigenvalue weighted by Gasteiger charge is 2.31. The Hall–Kier alpha value is -1.97. The smallest absolute Gasteiger partial charge is 0.243 e. The first-order chi connectivity index (χ1) is 15.7. The number of sulfonamides is 1. The summed E-state index contributed by atoms with van der Waals surface area (Å²) in [5, 5.41) is 3.25. The Labute approximate surface area is 196 Å². The van der Waals surface area contributed by atoms with Gasteiger partial charge in [0.1, 0.15) is 5.82 Å². The number of hydrogen-bond acceptors (Lipinski definition) is 5. The summed E-state index contributed by atoms with van der Waals surface area (Å²) < 4.78 is 34.9. The number of amides is 1. The van der Waals surface area contributed by atoms with Gasteiger partial charge >= 0.3 is 0 Å². The molecule has 0 unspecified atom stereocenters. The fourth-order valence-electron chi connectivity index (χ4n) is 4.95. The largest absolute Gasteiger partial charge is 0.379 e. The number of ether oxygens (including phenoxy) is 1. The lowest BCUT2D eigenvalue weighted by molar-refractivity contribution is -0.123. The van der Waals surface area contributed by atoms with Crippen molar-refractivity contribution in [3.05, 3.63) is 24.0 Å². The van der Waals surface area contributed by atoms with E-state index in [4.69, 9.17) is 9.72 Å². The van der Waals surface area contributed by atoms with Gasteiger partial charge in [0.2, 0.25) is 15.9 Å². The molecule has 182 valence electrons. The molecule has 1 aromatic heterocycles. The van der Waals surface area contributed by atoms with Gasteiger partial charge in [-0.05, 0) is 63.6 Å². The van der Waals surface area contributed by atoms with E-state index in [0.29, 0.717) is 51.2 Å². The van der Waals surface area contributed by atoms with Gasteiger partial charge in [0.25, 0.3) is 0 Å². The van der Waals surface area contributed by atoms with Crippen molar-refractivity contribution >= 4 is 27.0 Å². The van der Waals surface area contributed by atoms with Gasteiger partial charge in [-0.3, -0.25) is 4.79 Å². The van der Waals surface area contributed by atoms with Crippen molar-refractivity contribution in [2.45, 2.75) is 76.3 Å². The minimum Gasteiger partial charge on any atom is -0.379 e. The maximum Gasteiger partial charge on any atom is 0.243 e. The average molecular weight is 477 g/mol. The highest BCUT2D eigenvalue weighted by atomic mass is 32.2. The predicted octanol–water partition coefficient (Wildman–Crippen LogP) is 3.09. The van der Waals surface area contributed by atoms with Crippen LogP contribution in [0.1, 0.15) is 58.7 Å². The molecule has 33 heavy (non-hydrogen) atoms. The van der Waals surface area contributed by atoms with Crippen molar-refractivity contribution in [2.24, 2.45) is 5.92 Å². The number of carbonyl (C=O) groups is 1. The topological polar surface area (TPSA) is 93.5 Å². The second-order valence-corrected chi connectivity index (χ2v) is 11.7.